The Hall–Kier alpha value is -1.70. The first-order chi connectivity index (χ1) is 12.4. The first-order valence-corrected chi connectivity index (χ1v) is 10.9. The van der Waals surface area contributed by atoms with Crippen molar-refractivity contribution in [3.05, 3.63) is 42.1 Å². The molecule has 2 aromatic rings. The fourth-order valence-electron chi connectivity index (χ4n) is 4.12. The van der Waals surface area contributed by atoms with Crippen LogP contribution >= 0.6 is 0 Å². The van der Waals surface area contributed by atoms with Gasteiger partial charge in [-0.3, -0.25) is 4.68 Å². The van der Waals surface area contributed by atoms with Crippen LogP contribution in [0.15, 0.2) is 36.5 Å². The van der Waals surface area contributed by atoms with Crippen molar-refractivity contribution in [2.75, 3.05) is 18.1 Å². The van der Waals surface area contributed by atoms with Gasteiger partial charge in [-0.25, -0.2) is 8.42 Å². The van der Waals surface area contributed by atoms with Gasteiger partial charge in [0.15, 0.2) is 9.84 Å². The van der Waals surface area contributed by atoms with Gasteiger partial charge in [0, 0.05) is 43.6 Å². The van der Waals surface area contributed by atoms with Crippen LogP contribution in [-0.2, 0) is 28.2 Å². The largest absolute Gasteiger partial charge is 0.374 e. The van der Waals surface area contributed by atoms with E-state index in [4.69, 9.17) is 4.74 Å². The number of hydrogen-bond acceptors (Lipinski definition) is 5. The van der Waals surface area contributed by atoms with Gasteiger partial charge in [0.2, 0.25) is 0 Å². The molecule has 2 aliphatic heterocycles. The van der Waals surface area contributed by atoms with Gasteiger partial charge < -0.3 is 10.1 Å². The number of benzene rings is 1. The number of ether oxygens (including phenoxy) is 1. The van der Waals surface area contributed by atoms with Crippen LogP contribution < -0.4 is 5.32 Å². The second-order valence-electron chi connectivity index (χ2n) is 7.49. The van der Waals surface area contributed by atoms with E-state index in [1.807, 2.05) is 36.1 Å². The first-order valence-electron chi connectivity index (χ1n) is 9.10. The molecule has 2 fully saturated rings. The third-order valence-corrected chi connectivity index (χ3v) is 7.17. The maximum atomic E-state index is 11.9. The van der Waals surface area contributed by atoms with Crippen molar-refractivity contribution < 1.29 is 13.2 Å². The minimum Gasteiger partial charge on any atom is -0.374 e. The Labute approximate surface area is 154 Å². The summed E-state index contributed by atoms with van der Waals surface area (Å²) in [6.07, 6.45) is 4.33. The van der Waals surface area contributed by atoms with Gasteiger partial charge >= 0.3 is 0 Å². The van der Waals surface area contributed by atoms with E-state index >= 15 is 0 Å². The number of rotatable bonds is 4. The lowest BCUT2D eigenvalue weighted by molar-refractivity contribution is -0.0705. The predicted octanol–water partition coefficient (Wildman–Crippen LogP) is 1.91. The quantitative estimate of drug-likeness (QED) is 0.884. The second-order valence-corrected chi connectivity index (χ2v) is 9.67. The average molecular weight is 375 g/mol. The molecule has 0 amide bonds. The molecule has 6 nitrogen and oxygen atoms in total. The summed E-state index contributed by atoms with van der Waals surface area (Å²) in [5.41, 5.74) is 2.77. The van der Waals surface area contributed by atoms with Gasteiger partial charge in [-0.2, -0.15) is 5.10 Å². The van der Waals surface area contributed by atoms with Crippen LogP contribution in [0.2, 0.25) is 0 Å². The highest BCUT2D eigenvalue weighted by Crippen LogP contribution is 2.35. The van der Waals surface area contributed by atoms with Crippen LogP contribution in [0.25, 0.3) is 11.3 Å². The molecule has 1 spiro atoms. The Kier molecular flexibility index (Phi) is 4.62. The van der Waals surface area contributed by atoms with E-state index in [2.05, 4.69) is 22.5 Å². The lowest BCUT2D eigenvalue weighted by Gasteiger charge is -2.37. The van der Waals surface area contributed by atoms with Gasteiger partial charge in [0.1, 0.15) is 0 Å². The van der Waals surface area contributed by atoms with Crippen molar-refractivity contribution >= 4 is 9.84 Å². The molecule has 0 aliphatic carbocycles. The maximum Gasteiger partial charge on any atom is 0.153 e. The zero-order valence-electron chi connectivity index (χ0n) is 15.0. The highest BCUT2D eigenvalue weighted by Gasteiger charge is 2.46. The summed E-state index contributed by atoms with van der Waals surface area (Å²) in [4.78, 5) is 0. The predicted molar refractivity (Wildman–Crippen MR) is 100 cm³/mol. The minimum absolute atomic E-state index is 0.167. The van der Waals surface area contributed by atoms with Crippen molar-refractivity contribution in [2.24, 2.45) is 7.05 Å². The molecule has 0 saturated carbocycles. The van der Waals surface area contributed by atoms with Crippen molar-refractivity contribution in [3.63, 3.8) is 0 Å². The Balaban J connectivity index is 1.45. The van der Waals surface area contributed by atoms with Crippen LogP contribution in [-0.4, -0.2) is 48.0 Å². The van der Waals surface area contributed by atoms with E-state index < -0.39 is 15.4 Å². The summed E-state index contributed by atoms with van der Waals surface area (Å²) in [6.45, 7) is 1.33. The molecule has 4 rings (SSSR count). The molecular weight excluding hydrogens is 350 g/mol. The highest BCUT2D eigenvalue weighted by atomic mass is 32.2. The van der Waals surface area contributed by atoms with E-state index in [0.29, 0.717) is 19.6 Å². The van der Waals surface area contributed by atoms with Crippen molar-refractivity contribution in [2.45, 2.75) is 37.5 Å². The minimum atomic E-state index is -2.95. The number of sulfone groups is 1. The van der Waals surface area contributed by atoms with Crippen molar-refractivity contribution in [1.82, 2.24) is 15.1 Å². The van der Waals surface area contributed by atoms with Crippen LogP contribution in [0.5, 0.6) is 0 Å². The Morgan fingerprint density at radius 3 is 2.88 bits per heavy atom. The normalized spacial score (nSPS) is 27.8. The summed E-state index contributed by atoms with van der Waals surface area (Å²) < 4.78 is 31.5. The molecule has 2 saturated heterocycles. The van der Waals surface area contributed by atoms with Crippen molar-refractivity contribution in [3.8, 4) is 11.3 Å². The number of aryl methyl sites for hydroxylation is 1. The molecular formula is C19H25N3O3S. The topological polar surface area (TPSA) is 73.2 Å². The third kappa shape index (κ3) is 3.70. The molecule has 2 atom stereocenters. The smallest absolute Gasteiger partial charge is 0.153 e. The summed E-state index contributed by atoms with van der Waals surface area (Å²) in [5.74, 6) is 0.417. The second kappa shape index (κ2) is 6.79. The van der Waals surface area contributed by atoms with E-state index in [1.165, 1.54) is 0 Å². The van der Waals surface area contributed by atoms with Gasteiger partial charge in [0.05, 0.1) is 22.8 Å². The SMILES string of the molecule is Cn1cc(CNC2CCOC3(CCS(=O)(=O)C3)C2)c(-c2ccccc2)n1. The fraction of sp³-hybridized carbons (Fsp3) is 0.526. The zero-order chi connectivity index (χ0) is 18.2. The number of aromatic nitrogens is 2. The molecule has 1 aromatic heterocycles. The summed E-state index contributed by atoms with van der Waals surface area (Å²) in [5, 5.41) is 8.22. The van der Waals surface area contributed by atoms with Crippen LogP contribution in [0.1, 0.15) is 24.8 Å². The lowest BCUT2D eigenvalue weighted by Crippen LogP contribution is -2.47. The van der Waals surface area contributed by atoms with E-state index in [0.717, 1.165) is 29.7 Å². The van der Waals surface area contributed by atoms with Gasteiger partial charge in [-0.1, -0.05) is 30.3 Å². The molecule has 26 heavy (non-hydrogen) atoms. The number of nitrogens with zero attached hydrogens (tertiary/aromatic N) is 2. The van der Waals surface area contributed by atoms with Crippen LogP contribution in [0, 0.1) is 0 Å². The molecule has 1 aromatic carbocycles. The molecule has 2 aliphatic rings. The maximum absolute atomic E-state index is 11.9. The highest BCUT2D eigenvalue weighted by molar-refractivity contribution is 7.91. The number of nitrogens with one attached hydrogen (secondary N) is 1. The average Bonchev–Trinajstić information content (AvgIpc) is 3.13. The molecule has 7 heteroatoms. The molecule has 2 unspecified atom stereocenters. The van der Waals surface area contributed by atoms with Gasteiger partial charge in [0.25, 0.3) is 0 Å². The van der Waals surface area contributed by atoms with E-state index in [9.17, 15) is 8.42 Å². The summed E-state index contributed by atoms with van der Waals surface area (Å²) in [7, 11) is -1.02. The molecule has 0 radical (unpaired) electrons. The Morgan fingerprint density at radius 2 is 2.15 bits per heavy atom. The first kappa shape index (κ1) is 17.7. The van der Waals surface area contributed by atoms with Gasteiger partial charge in [-0.05, 0) is 19.3 Å². The molecule has 140 valence electrons. The molecule has 3 heterocycles. The molecule has 0 bridgehead atoms. The third-order valence-electron chi connectivity index (χ3n) is 5.38. The van der Waals surface area contributed by atoms with Crippen molar-refractivity contribution in [1.29, 1.82) is 0 Å². The van der Waals surface area contributed by atoms with Crippen LogP contribution in [0.4, 0.5) is 0 Å². The van der Waals surface area contributed by atoms with Crippen LogP contribution in [0.3, 0.4) is 0 Å². The standard InChI is InChI=1S/C19H25N3O3S/c1-22-13-16(18(21-22)15-5-3-2-4-6-15)12-20-17-7-9-25-19(11-17)8-10-26(23,24)14-19/h2-6,13,17,20H,7-12,14H2,1H3. The fourth-order valence-corrected chi connectivity index (χ4v) is 6.10. The summed E-state index contributed by atoms with van der Waals surface area (Å²) >= 11 is 0. The van der Waals surface area contributed by atoms with E-state index in [1.54, 1.807) is 0 Å². The molecule has 1 N–H and O–H groups in total. The zero-order valence-corrected chi connectivity index (χ0v) is 15.8. The number of hydrogen-bond donors (Lipinski definition) is 1. The van der Waals surface area contributed by atoms with Gasteiger partial charge in [-0.15, -0.1) is 0 Å². The Morgan fingerprint density at radius 1 is 1.35 bits per heavy atom. The van der Waals surface area contributed by atoms with E-state index in [-0.39, 0.29) is 17.5 Å². The lowest BCUT2D eigenvalue weighted by atomic mass is 9.90. The summed E-state index contributed by atoms with van der Waals surface area (Å²) in [6, 6.07) is 10.4. The Bertz CT molecular complexity index is 879. The monoisotopic (exact) mass is 375 g/mol.